The van der Waals surface area contributed by atoms with Gasteiger partial charge in [0.1, 0.15) is 12.1 Å². The quantitative estimate of drug-likeness (QED) is 0.765. The molecular weight excluding hydrogens is 331 g/mol. The number of anilines is 1. The van der Waals surface area contributed by atoms with Gasteiger partial charge in [-0.25, -0.2) is 4.98 Å². The molecule has 3 rings (SSSR count). The number of rotatable bonds is 4. The van der Waals surface area contributed by atoms with E-state index in [9.17, 15) is 13.2 Å². The molecule has 0 aliphatic heterocycles. The van der Waals surface area contributed by atoms with E-state index in [1.54, 1.807) is 4.52 Å². The van der Waals surface area contributed by atoms with E-state index in [4.69, 9.17) is 0 Å². The lowest BCUT2D eigenvalue weighted by Gasteiger charge is -2.24. The second-order valence-corrected chi connectivity index (χ2v) is 6.24. The summed E-state index contributed by atoms with van der Waals surface area (Å²) in [6.07, 6.45) is -2.93. The van der Waals surface area contributed by atoms with Gasteiger partial charge in [-0.2, -0.15) is 27.8 Å². The van der Waals surface area contributed by atoms with Crippen LogP contribution in [0, 0.1) is 12.8 Å². The molecule has 8 heteroatoms. The lowest BCUT2D eigenvalue weighted by Crippen LogP contribution is -2.19. The summed E-state index contributed by atoms with van der Waals surface area (Å²) < 4.78 is 39.9. The first-order valence-corrected chi connectivity index (χ1v) is 7.87. The molecule has 0 aliphatic carbocycles. The number of fused-ring (bicyclic) bond motifs is 1. The second kappa shape index (κ2) is 6.34. The summed E-state index contributed by atoms with van der Waals surface area (Å²) in [6.45, 7) is 5.85. The van der Waals surface area contributed by atoms with Crippen LogP contribution in [0.4, 0.5) is 19.0 Å². The maximum Gasteiger partial charge on any atom is 0.416 e. The van der Waals surface area contributed by atoms with E-state index >= 15 is 0 Å². The van der Waals surface area contributed by atoms with Gasteiger partial charge in [0.25, 0.3) is 5.78 Å². The lowest BCUT2D eigenvalue weighted by molar-refractivity contribution is -0.137. The van der Waals surface area contributed by atoms with Gasteiger partial charge in [0, 0.05) is 11.8 Å². The highest BCUT2D eigenvalue weighted by Crippen LogP contribution is 2.32. The fourth-order valence-electron chi connectivity index (χ4n) is 2.71. The minimum atomic E-state index is -4.34. The third-order valence-corrected chi connectivity index (χ3v) is 3.95. The maximum absolute atomic E-state index is 12.8. The van der Waals surface area contributed by atoms with Crippen molar-refractivity contribution in [3.05, 3.63) is 53.5 Å². The third kappa shape index (κ3) is 3.57. The van der Waals surface area contributed by atoms with Crippen LogP contribution in [-0.2, 0) is 6.18 Å². The Hall–Kier alpha value is -2.64. The smallest absolute Gasteiger partial charge is 0.363 e. The molecule has 0 saturated carbocycles. The first-order chi connectivity index (χ1) is 11.8. The SMILES string of the molecule is Cc1cc(NC(c2ccc(C(F)(F)F)cc2)C(C)C)n2ncnc2n1. The number of nitrogens with one attached hydrogen (secondary N) is 1. The van der Waals surface area contributed by atoms with Crippen LogP contribution in [0.25, 0.3) is 5.78 Å². The topological polar surface area (TPSA) is 55.1 Å². The van der Waals surface area contributed by atoms with Crippen molar-refractivity contribution >= 4 is 11.6 Å². The summed E-state index contributed by atoms with van der Waals surface area (Å²) >= 11 is 0. The summed E-state index contributed by atoms with van der Waals surface area (Å²) in [7, 11) is 0. The van der Waals surface area contributed by atoms with Crippen LogP contribution in [0.15, 0.2) is 36.7 Å². The van der Waals surface area contributed by atoms with Gasteiger partial charge in [-0.3, -0.25) is 0 Å². The van der Waals surface area contributed by atoms with Gasteiger partial charge in [0.2, 0.25) is 0 Å². The van der Waals surface area contributed by atoms with E-state index in [0.29, 0.717) is 11.6 Å². The zero-order valence-corrected chi connectivity index (χ0v) is 14.0. The zero-order chi connectivity index (χ0) is 18.2. The zero-order valence-electron chi connectivity index (χ0n) is 14.0. The molecule has 0 saturated heterocycles. The molecule has 1 atom stereocenters. The first kappa shape index (κ1) is 17.2. The van der Waals surface area contributed by atoms with Crippen molar-refractivity contribution in [2.75, 3.05) is 5.32 Å². The normalized spacial score (nSPS) is 13.4. The second-order valence-electron chi connectivity index (χ2n) is 6.24. The molecule has 3 aromatic rings. The molecule has 1 N–H and O–H groups in total. The predicted octanol–water partition coefficient (Wildman–Crippen LogP) is 4.26. The van der Waals surface area contributed by atoms with Crippen molar-refractivity contribution in [3.63, 3.8) is 0 Å². The van der Waals surface area contributed by atoms with E-state index in [-0.39, 0.29) is 12.0 Å². The molecule has 0 bridgehead atoms. The fraction of sp³-hybridized carbons (Fsp3) is 0.353. The summed E-state index contributed by atoms with van der Waals surface area (Å²) in [5.74, 6) is 1.31. The summed E-state index contributed by atoms with van der Waals surface area (Å²) in [5, 5.41) is 7.51. The highest BCUT2D eigenvalue weighted by molar-refractivity contribution is 5.47. The van der Waals surface area contributed by atoms with E-state index < -0.39 is 11.7 Å². The Bertz CT molecular complexity index is 868. The third-order valence-electron chi connectivity index (χ3n) is 3.95. The van der Waals surface area contributed by atoms with Crippen molar-refractivity contribution in [2.45, 2.75) is 33.0 Å². The minimum Gasteiger partial charge on any atom is -0.363 e. The van der Waals surface area contributed by atoms with Crippen LogP contribution < -0.4 is 5.32 Å². The number of hydrogen-bond donors (Lipinski definition) is 1. The van der Waals surface area contributed by atoms with E-state index in [1.165, 1.54) is 18.5 Å². The Labute approximate surface area is 142 Å². The van der Waals surface area contributed by atoms with Gasteiger partial charge in [-0.1, -0.05) is 26.0 Å². The van der Waals surface area contributed by atoms with Crippen molar-refractivity contribution < 1.29 is 13.2 Å². The molecule has 0 aliphatic rings. The maximum atomic E-state index is 12.8. The molecule has 2 heterocycles. The summed E-state index contributed by atoms with van der Waals surface area (Å²) in [6, 6.07) is 6.88. The highest BCUT2D eigenvalue weighted by atomic mass is 19.4. The average Bonchev–Trinajstić information content (AvgIpc) is 2.99. The number of aromatic nitrogens is 4. The van der Waals surface area contributed by atoms with Gasteiger partial charge < -0.3 is 5.32 Å². The molecule has 0 spiro atoms. The molecule has 0 amide bonds. The number of aryl methyl sites for hydroxylation is 1. The van der Waals surface area contributed by atoms with Crippen LogP contribution in [0.5, 0.6) is 0 Å². The van der Waals surface area contributed by atoms with Gasteiger partial charge in [-0.15, -0.1) is 0 Å². The minimum absolute atomic E-state index is 0.142. The van der Waals surface area contributed by atoms with E-state index in [0.717, 1.165) is 23.4 Å². The van der Waals surface area contributed by atoms with Crippen LogP contribution >= 0.6 is 0 Å². The van der Waals surface area contributed by atoms with Crippen LogP contribution in [0.2, 0.25) is 0 Å². The standard InChI is InChI=1S/C17H18F3N5/c1-10(2)15(12-4-6-13(7-5-12)17(18,19)20)24-14-8-11(3)23-16-21-9-22-25(14)16/h4-10,15,24H,1-3H3. The Morgan fingerprint density at radius 1 is 1.12 bits per heavy atom. The van der Waals surface area contributed by atoms with Crippen LogP contribution in [0.3, 0.4) is 0 Å². The van der Waals surface area contributed by atoms with Gasteiger partial charge in [-0.05, 0) is 30.5 Å². The average molecular weight is 349 g/mol. The van der Waals surface area contributed by atoms with Crippen LogP contribution in [0.1, 0.15) is 36.7 Å². The summed E-state index contributed by atoms with van der Waals surface area (Å²) in [4.78, 5) is 8.36. The van der Waals surface area contributed by atoms with Gasteiger partial charge >= 0.3 is 6.18 Å². The van der Waals surface area contributed by atoms with Crippen molar-refractivity contribution in [1.29, 1.82) is 0 Å². The Balaban J connectivity index is 1.95. The molecule has 25 heavy (non-hydrogen) atoms. The van der Waals surface area contributed by atoms with Crippen molar-refractivity contribution in [2.24, 2.45) is 5.92 Å². The Morgan fingerprint density at radius 3 is 2.40 bits per heavy atom. The monoisotopic (exact) mass is 349 g/mol. The van der Waals surface area contributed by atoms with E-state index in [1.807, 2.05) is 26.8 Å². The summed E-state index contributed by atoms with van der Waals surface area (Å²) in [5.41, 5.74) is 0.890. The van der Waals surface area contributed by atoms with E-state index in [2.05, 4.69) is 20.4 Å². The molecule has 0 fully saturated rings. The predicted molar refractivity (Wildman–Crippen MR) is 88.2 cm³/mol. The number of hydrogen-bond acceptors (Lipinski definition) is 4. The Kier molecular flexibility index (Phi) is 4.36. The molecule has 2 aromatic heterocycles. The Morgan fingerprint density at radius 2 is 1.80 bits per heavy atom. The number of benzene rings is 1. The molecular formula is C17H18F3N5. The number of halogens is 3. The molecule has 0 radical (unpaired) electrons. The lowest BCUT2D eigenvalue weighted by atomic mass is 9.95. The first-order valence-electron chi connectivity index (χ1n) is 7.87. The van der Waals surface area contributed by atoms with Gasteiger partial charge in [0.15, 0.2) is 0 Å². The highest BCUT2D eigenvalue weighted by Gasteiger charge is 2.30. The molecule has 5 nitrogen and oxygen atoms in total. The molecule has 132 valence electrons. The largest absolute Gasteiger partial charge is 0.416 e. The molecule has 1 unspecified atom stereocenters. The number of alkyl halides is 3. The number of nitrogens with zero attached hydrogens (tertiary/aromatic N) is 4. The fourth-order valence-corrected chi connectivity index (χ4v) is 2.71. The van der Waals surface area contributed by atoms with Crippen molar-refractivity contribution in [1.82, 2.24) is 19.6 Å². The van der Waals surface area contributed by atoms with Crippen LogP contribution in [-0.4, -0.2) is 19.6 Å². The van der Waals surface area contributed by atoms with Gasteiger partial charge in [0.05, 0.1) is 11.6 Å². The molecule has 1 aromatic carbocycles. The van der Waals surface area contributed by atoms with Crippen molar-refractivity contribution in [3.8, 4) is 0 Å².